The molecule has 2 aromatic rings. The van der Waals surface area contributed by atoms with E-state index in [9.17, 15) is 4.79 Å². The Labute approximate surface area is 179 Å². The summed E-state index contributed by atoms with van der Waals surface area (Å²) < 4.78 is 1.90. The molecule has 0 saturated heterocycles. The van der Waals surface area contributed by atoms with E-state index in [2.05, 4.69) is 33.0 Å². The number of carbonyl (C=O) groups excluding carboxylic acids is 1. The van der Waals surface area contributed by atoms with Crippen molar-refractivity contribution in [3.05, 3.63) is 46.8 Å². The zero-order chi connectivity index (χ0) is 21.5. The molecule has 0 radical (unpaired) electrons. The molecule has 1 saturated carbocycles. The third-order valence-electron chi connectivity index (χ3n) is 5.95. The first-order valence-electron chi connectivity index (χ1n) is 10.8. The summed E-state index contributed by atoms with van der Waals surface area (Å²) in [5.74, 6) is 1.04. The smallest absolute Gasteiger partial charge is 0.227 e. The Balaban J connectivity index is 1.53. The highest BCUT2D eigenvalue weighted by Gasteiger charge is 2.21. The van der Waals surface area contributed by atoms with E-state index in [4.69, 9.17) is 0 Å². The third-order valence-corrected chi connectivity index (χ3v) is 5.95. The number of anilines is 1. The molecule has 0 aliphatic heterocycles. The molecule has 0 unspecified atom stereocenters. The number of hydrogen-bond acceptors (Lipinski definition) is 3. The molecule has 0 spiro atoms. The number of rotatable bonds is 6. The van der Waals surface area contributed by atoms with Crippen LogP contribution in [0.25, 0.3) is 0 Å². The number of aliphatic imine (C=N–C) groups is 1. The van der Waals surface area contributed by atoms with Crippen molar-refractivity contribution in [2.24, 2.45) is 18.0 Å². The summed E-state index contributed by atoms with van der Waals surface area (Å²) in [7, 11) is 3.72. The molecular formula is C23H34N6O. The van der Waals surface area contributed by atoms with Crippen LogP contribution in [-0.4, -0.2) is 28.7 Å². The first-order valence-corrected chi connectivity index (χ1v) is 10.8. The first kappa shape index (κ1) is 21.9. The Hall–Kier alpha value is -2.83. The minimum Gasteiger partial charge on any atom is -0.352 e. The largest absolute Gasteiger partial charge is 0.352 e. The van der Waals surface area contributed by atoms with Gasteiger partial charge in [0.25, 0.3) is 0 Å². The maximum atomic E-state index is 12.5. The fourth-order valence-electron chi connectivity index (χ4n) is 4.02. The van der Waals surface area contributed by atoms with E-state index in [0.717, 1.165) is 54.3 Å². The third kappa shape index (κ3) is 5.62. The minimum absolute atomic E-state index is 0.152. The highest BCUT2D eigenvalue weighted by Crippen LogP contribution is 2.25. The van der Waals surface area contributed by atoms with Gasteiger partial charge in [0.15, 0.2) is 5.96 Å². The van der Waals surface area contributed by atoms with Crippen molar-refractivity contribution in [3.63, 3.8) is 0 Å². The molecule has 1 aliphatic rings. The van der Waals surface area contributed by atoms with Gasteiger partial charge >= 0.3 is 0 Å². The topological polar surface area (TPSA) is 83.3 Å². The number of guanidine groups is 1. The lowest BCUT2D eigenvalue weighted by molar-refractivity contribution is -0.120. The average molecular weight is 411 g/mol. The zero-order valence-corrected chi connectivity index (χ0v) is 18.6. The summed E-state index contributed by atoms with van der Waals surface area (Å²) in [5, 5.41) is 14.3. The van der Waals surface area contributed by atoms with Gasteiger partial charge in [-0.25, -0.2) is 0 Å². The van der Waals surface area contributed by atoms with Gasteiger partial charge in [-0.2, -0.15) is 5.10 Å². The highest BCUT2D eigenvalue weighted by atomic mass is 16.1. The maximum absolute atomic E-state index is 12.5. The first-order chi connectivity index (χ1) is 14.5. The second-order valence-corrected chi connectivity index (χ2v) is 8.08. The van der Waals surface area contributed by atoms with Crippen molar-refractivity contribution in [3.8, 4) is 0 Å². The van der Waals surface area contributed by atoms with Gasteiger partial charge in [-0.15, -0.1) is 0 Å². The molecule has 1 aromatic carbocycles. The van der Waals surface area contributed by atoms with Crippen LogP contribution in [-0.2, 0) is 24.9 Å². The van der Waals surface area contributed by atoms with Crippen molar-refractivity contribution >= 4 is 17.6 Å². The van der Waals surface area contributed by atoms with E-state index in [1.165, 1.54) is 12.0 Å². The predicted octanol–water partition coefficient (Wildman–Crippen LogP) is 3.42. The molecule has 0 atom stereocenters. The number of benzene rings is 1. The van der Waals surface area contributed by atoms with Crippen LogP contribution in [0.15, 0.2) is 29.3 Å². The van der Waals surface area contributed by atoms with Crippen LogP contribution < -0.4 is 16.0 Å². The van der Waals surface area contributed by atoms with E-state index in [1.54, 1.807) is 7.05 Å². The summed E-state index contributed by atoms with van der Waals surface area (Å²) in [6, 6.07) is 8.00. The van der Waals surface area contributed by atoms with E-state index in [1.807, 2.05) is 42.9 Å². The molecular weight excluding hydrogens is 376 g/mol. The summed E-state index contributed by atoms with van der Waals surface area (Å²) >= 11 is 0. The van der Waals surface area contributed by atoms with Crippen molar-refractivity contribution in [1.82, 2.24) is 20.4 Å². The molecule has 3 N–H and O–H groups in total. The van der Waals surface area contributed by atoms with Crippen LogP contribution in [0, 0.1) is 19.8 Å². The Morgan fingerprint density at radius 2 is 1.90 bits per heavy atom. The molecule has 1 aliphatic carbocycles. The molecule has 1 heterocycles. The van der Waals surface area contributed by atoms with Crippen LogP contribution in [0.4, 0.5) is 5.69 Å². The quantitative estimate of drug-likeness (QED) is 0.503. The SMILES string of the molecule is CN=C(NCc1cccc(NC(=O)C2CCCCC2)c1)NCc1c(C)nn(C)c1C. The molecule has 30 heavy (non-hydrogen) atoms. The molecule has 7 heteroatoms. The Kier molecular flexibility index (Phi) is 7.49. The Bertz CT molecular complexity index is 895. The minimum atomic E-state index is 0.152. The van der Waals surface area contributed by atoms with Crippen LogP contribution in [0.2, 0.25) is 0 Å². The van der Waals surface area contributed by atoms with Crippen molar-refractivity contribution in [1.29, 1.82) is 0 Å². The molecule has 162 valence electrons. The van der Waals surface area contributed by atoms with Gasteiger partial charge in [-0.3, -0.25) is 14.5 Å². The summed E-state index contributed by atoms with van der Waals surface area (Å²) in [4.78, 5) is 16.8. The van der Waals surface area contributed by atoms with Crippen LogP contribution in [0.1, 0.15) is 54.6 Å². The van der Waals surface area contributed by atoms with Gasteiger partial charge in [0.2, 0.25) is 5.91 Å². The van der Waals surface area contributed by atoms with E-state index in [0.29, 0.717) is 13.1 Å². The second kappa shape index (κ2) is 10.3. The van der Waals surface area contributed by atoms with Gasteiger partial charge in [0.05, 0.1) is 5.69 Å². The number of aromatic nitrogens is 2. The number of hydrogen-bond donors (Lipinski definition) is 3. The predicted molar refractivity (Wildman–Crippen MR) is 121 cm³/mol. The number of nitrogens with zero attached hydrogens (tertiary/aromatic N) is 3. The van der Waals surface area contributed by atoms with Crippen LogP contribution >= 0.6 is 0 Å². The maximum Gasteiger partial charge on any atom is 0.227 e. The number of nitrogens with one attached hydrogen (secondary N) is 3. The fraction of sp³-hybridized carbons (Fsp3) is 0.522. The Morgan fingerprint density at radius 3 is 2.57 bits per heavy atom. The zero-order valence-electron chi connectivity index (χ0n) is 18.6. The molecule has 1 aromatic heterocycles. The molecule has 3 rings (SSSR count). The molecule has 1 amide bonds. The normalized spacial score (nSPS) is 15.1. The molecule has 0 bridgehead atoms. The number of amides is 1. The van der Waals surface area contributed by atoms with Gasteiger partial charge in [-0.1, -0.05) is 31.4 Å². The van der Waals surface area contributed by atoms with Crippen molar-refractivity contribution in [2.45, 2.75) is 59.0 Å². The number of aryl methyl sites for hydroxylation is 2. The van der Waals surface area contributed by atoms with Crippen molar-refractivity contribution < 1.29 is 4.79 Å². The number of carbonyl (C=O) groups is 1. The van der Waals surface area contributed by atoms with E-state index < -0.39 is 0 Å². The van der Waals surface area contributed by atoms with Gasteiger partial charge in [0.1, 0.15) is 0 Å². The standard InChI is InChI=1S/C23H34N6O/c1-16-21(17(2)29(4)28-16)15-26-23(24-3)25-14-18-9-8-12-20(13-18)27-22(30)19-10-6-5-7-11-19/h8-9,12-13,19H,5-7,10-11,14-15H2,1-4H3,(H,27,30)(H2,24,25,26). The monoisotopic (exact) mass is 410 g/mol. The second-order valence-electron chi connectivity index (χ2n) is 8.08. The fourth-order valence-corrected chi connectivity index (χ4v) is 4.02. The Morgan fingerprint density at radius 1 is 1.17 bits per heavy atom. The lowest BCUT2D eigenvalue weighted by Crippen LogP contribution is -2.36. The summed E-state index contributed by atoms with van der Waals surface area (Å²) in [6.45, 7) is 5.38. The van der Waals surface area contributed by atoms with Gasteiger partial charge in [-0.05, 0) is 44.4 Å². The molecule has 1 fully saturated rings. The van der Waals surface area contributed by atoms with E-state index in [-0.39, 0.29) is 11.8 Å². The summed E-state index contributed by atoms with van der Waals surface area (Å²) in [6.07, 6.45) is 5.58. The summed E-state index contributed by atoms with van der Waals surface area (Å²) in [5.41, 5.74) is 5.31. The van der Waals surface area contributed by atoms with Gasteiger partial charge in [0, 0.05) is 50.0 Å². The van der Waals surface area contributed by atoms with Crippen LogP contribution in [0.5, 0.6) is 0 Å². The van der Waals surface area contributed by atoms with E-state index >= 15 is 0 Å². The molecule has 7 nitrogen and oxygen atoms in total. The average Bonchev–Trinajstić information content (AvgIpc) is 3.00. The highest BCUT2D eigenvalue weighted by molar-refractivity contribution is 5.92. The van der Waals surface area contributed by atoms with Gasteiger partial charge < -0.3 is 16.0 Å². The lowest BCUT2D eigenvalue weighted by Gasteiger charge is -2.21. The van der Waals surface area contributed by atoms with Crippen molar-refractivity contribution in [2.75, 3.05) is 12.4 Å². The lowest BCUT2D eigenvalue weighted by atomic mass is 9.88. The van der Waals surface area contributed by atoms with Crippen LogP contribution in [0.3, 0.4) is 0 Å².